The van der Waals surface area contributed by atoms with Crippen molar-refractivity contribution in [3.05, 3.63) is 24.3 Å². The van der Waals surface area contributed by atoms with Crippen LogP contribution in [0.2, 0.25) is 0 Å². The molecule has 3 rings (SSSR count). The Balaban J connectivity index is 1.65. The van der Waals surface area contributed by atoms with Crippen LogP contribution in [0.1, 0.15) is 39.5 Å². The van der Waals surface area contributed by atoms with Gasteiger partial charge in [0.25, 0.3) is 0 Å². The van der Waals surface area contributed by atoms with Crippen LogP contribution in [0.25, 0.3) is 0 Å². The monoisotopic (exact) mass is 315 g/mol. The molecule has 1 aromatic rings. The summed E-state index contributed by atoms with van der Waals surface area (Å²) >= 11 is 0. The molecular formula is C18H25N3O2. The van der Waals surface area contributed by atoms with E-state index in [1.807, 2.05) is 24.3 Å². The molecule has 5 heteroatoms. The van der Waals surface area contributed by atoms with Gasteiger partial charge in [0.05, 0.1) is 6.04 Å². The van der Waals surface area contributed by atoms with E-state index in [2.05, 4.69) is 29.8 Å². The summed E-state index contributed by atoms with van der Waals surface area (Å²) in [6.07, 6.45) is 4.09. The van der Waals surface area contributed by atoms with E-state index in [-0.39, 0.29) is 29.2 Å². The van der Waals surface area contributed by atoms with Gasteiger partial charge in [-0.3, -0.25) is 9.59 Å². The number of rotatable bonds is 4. The van der Waals surface area contributed by atoms with Crippen LogP contribution >= 0.6 is 0 Å². The highest BCUT2D eigenvalue weighted by Crippen LogP contribution is 2.32. The van der Waals surface area contributed by atoms with E-state index in [4.69, 9.17) is 0 Å². The molecule has 0 radical (unpaired) electrons. The topological polar surface area (TPSA) is 70.2 Å². The molecule has 1 unspecified atom stereocenters. The second-order valence-electron chi connectivity index (χ2n) is 7.31. The summed E-state index contributed by atoms with van der Waals surface area (Å²) < 4.78 is 0. The Bertz CT molecular complexity index is 608. The number of nitrogens with one attached hydrogen (secondary N) is 3. The first-order valence-corrected chi connectivity index (χ1v) is 8.41. The fraction of sp³-hybridized carbons (Fsp3) is 0.556. The van der Waals surface area contributed by atoms with Crippen LogP contribution in [-0.2, 0) is 9.59 Å². The van der Waals surface area contributed by atoms with Gasteiger partial charge in [0.2, 0.25) is 11.8 Å². The van der Waals surface area contributed by atoms with Crippen LogP contribution in [-0.4, -0.2) is 24.4 Å². The normalized spacial score (nSPS) is 23.1. The second-order valence-corrected chi connectivity index (χ2v) is 7.31. The number of hydrogen-bond acceptors (Lipinski definition) is 3. The van der Waals surface area contributed by atoms with Crippen molar-refractivity contribution >= 4 is 23.2 Å². The highest BCUT2D eigenvalue weighted by molar-refractivity contribution is 5.97. The molecule has 1 aromatic carbocycles. The highest BCUT2D eigenvalue weighted by atomic mass is 16.2. The lowest BCUT2D eigenvalue weighted by atomic mass is 9.77. The van der Waals surface area contributed by atoms with E-state index >= 15 is 0 Å². The van der Waals surface area contributed by atoms with Gasteiger partial charge in [-0.15, -0.1) is 0 Å². The average Bonchev–Trinajstić information content (AvgIpc) is 3.31. The van der Waals surface area contributed by atoms with Crippen molar-refractivity contribution in [3.8, 4) is 0 Å². The Hall–Kier alpha value is -1.88. The molecule has 2 fully saturated rings. The van der Waals surface area contributed by atoms with Gasteiger partial charge in [-0.2, -0.15) is 0 Å². The predicted molar refractivity (Wildman–Crippen MR) is 91.2 cm³/mol. The minimum atomic E-state index is -0.194. The van der Waals surface area contributed by atoms with Crippen LogP contribution in [0.4, 0.5) is 11.4 Å². The molecule has 124 valence electrons. The van der Waals surface area contributed by atoms with Gasteiger partial charge in [-0.1, -0.05) is 19.9 Å². The third-order valence-electron chi connectivity index (χ3n) is 4.74. The Kier molecular flexibility index (Phi) is 4.39. The number of amides is 2. The first kappa shape index (κ1) is 16.0. The van der Waals surface area contributed by atoms with E-state index in [9.17, 15) is 9.59 Å². The van der Waals surface area contributed by atoms with E-state index in [0.29, 0.717) is 5.69 Å². The third kappa shape index (κ3) is 3.91. The van der Waals surface area contributed by atoms with Crippen LogP contribution in [0, 0.1) is 11.3 Å². The average molecular weight is 315 g/mol. The minimum absolute atomic E-state index is 0.0135. The first-order valence-electron chi connectivity index (χ1n) is 8.41. The first-order chi connectivity index (χ1) is 11.0. The molecule has 5 nitrogen and oxygen atoms in total. The van der Waals surface area contributed by atoms with Crippen molar-refractivity contribution in [2.75, 3.05) is 17.2 Å². The standard InChI is InChI=1S/C18H25N3O2/c1-18(2)9-4-10-19-15(18)17(23)21-14-6-3-5-13(11-14)20-16(22)12-7-8-12/h3,5-6,11-12,15,19H,4,7-10H2,1-2H3,(H,20,22)(H,21,23). The Morgan fingerprint density at radius 3 is 2.39 bits per heavy atom. The number of anilines is 2. The lowest BCUT2D eigenvalue weighted by Gasteiger charge is -2.38. The van der Waals surface area contributed by atoms with Crippen LogP contribution < -0.4 is 16.0 Å². The molecule has 0 aromatic heterocycles. The van der Waals surface area contributed by atoms with Gasteiger partial charge in [0, 0.05) is 17.3 Å². The minimum Gasteiger partial charge on any atom is -0.326 e. The second kappa shape index (κ2) is 6.32. The van der Waals surface area contributed by atoms with Crippen molar-refractivity contribution in [1.29, 1.82) is 0 Å². The van der Waals surface area contributed by atoms with Crippen molar-refractivity contribution < 1.29 is 9.59 Å². The Morgan fingerprint density at radius 1 is 1.13 bits per heavy atom. The Labute approximate surface area is 137 Å². The summed E-state index contributed by atoms with van der Waals surface area (Å²) in [5, 5.41) is 9.20. The quantitative estimate of drug-likeness (QED) is 0.800. The molecule has 2 amide bonds. The summed E-state index contributed by atoms with van der Waals surface area (Å²) in [7, 11) is 0. The summed E-state index contributed by atoms with van der Waals surface area (Å²) in [5.74, 6) is 0.226. The maximum atomic E-state index is 12.6. The number of piperidine rings is 1. The third-order valence-corrected chi connectivity index (χ3v) is 4.74. The maximum absolute atomic E-state index is 12.6. The molecule has 0 bridgehead atoms. The van der Waals surface area contributed by atoms with E-state index in [1.54, 1.807) is 0 Å². The zero-order valence-corrected chi connectivity index (χ0v) is 13.8. The van der Waals surface area contributed by atoms with Crippen LogP contribution in [0.3, 0.4) is 0 Å². The van der Waals surface area contributed by atoms with Gasteiger partial charge in [-0.05, 0) is 55.8 Å². The number of carbonyl (C=O) groups excluding carboxylic acids is 2. The lowest BCUT2D eigenvalue weighted by Crippen LogP contribution is -2.53. The van der Waals surface area contributed by atoms with Crippen LogP contribution in [0.5, 0.6) is 0 Å². The van der Waals surface area contributed by atoms with Gasteiger partial charge >= 0.3 is 0 Å². The van der Waals surface area contributed by atoms with E-state index < -0.39 is 0 Å². The number of carbonyl (C=O) groups is 2. The summed E-state index contributed by atoms with van der Waals surface area (Å²) in [6.45, 7) is 5.12. The molecule has 0 spiro atoms. The molecule has 1 aliphatic carbocycles. The fourth-order valence-corrected chi connectivity index (χ4v) is 3.14. The lowest BCUT2D eigenvalue weighted by molar-refractivity contribution is -0.121. The zero-order chi connectivity index (χ0) is 16.4. The SMILES string of the molecule is CC1(C)CCCNC1C(=O)Nc1cccc(NC(=O)C2CC2)c1. The molecule has 1 aliphatic heterocycles. The summed E-state index contributed by atoms with van der Waals surface area (Å²) in [5.41, 5.74) is 1.39. The predicted octanol–water partition coefficient (Wildman–Crippen LogP) is 2.75. The molecule has 1 saturated carbocycles. The number of benzene rings is 1. The van der Waals surface area contributed by atoms with Crippen molar-refractivity contribution in [2.45, 2.75) is 45.6 Å². The van der Waals surface area contributed by atoms with Gasteiger partial charge in [0.1, 0.15) is 0 Å². The van der Waals surface area contributed by atoms with Gasteiger partial charge < -0.3 is 16.0 Å². The molecule has 3 N–H and O–H groups in total. The Morgan fingerprint density at radius 2 is 1.78 bits per heavy atom. The molecule has 1 atom stereocenters. The van der Waals surface area contributed by atoms with Crippen LogP contribution in [0.15, 0.2) is 24.3 Å². The molecule has 1 heterocycles. The van der Waals surface area contributed by atoms with Crippen molar-refractivity contribution in [3.63, 3.8) is 0 Å². The van der Waals surface area contributed by atoms with Gasteiger partial charge in [0.15, 0.2) is 0 Å². The van der Waals surface area contributed by atoms with Crippen molar-refractivity contribution in [1.82, 2.24) is 5.32 Å². The smallest absolute Gasteiger partial charge is 0.242 e. The maximum Gasteiger partial charge on any atom is 0.242 e. The number of hydrogen-bond donors (Lipinski definition) is 3. The summed E-state index contributed by atoms with van der Waals surface area (Å²) in [6, 6.07) is 7.16. The van der Waals surface area contributed by atoms with Crippen molar-refractivity contribution in [2.24, 2.45) is 11.3 Å². The molecule has 23 heavy (non-hydrogen) atoms. The largest absolute Gasteiger partial charge is 0.326 e. The van der Waals surface area contributed by atoms with E-state index in [1.165, 1.54) is 0 Å². The summed E-state index contributed by atoms with van der Waals surface area (Å²) in [4.78, 5) is 24.4. The zero-order valence-electron chi connectivity index (χ0n) is 13.8. The van der Waals surface area contributed by atoms with E-state index in [0.717, 1.165) is 37.9 Å². The molecule has 1 saturated heterocycles. The highest BCUT2D eigenvalue weighted by Gasteiger charge is 2.37. The van der Waals surface area contributed by atoms with Gasteiger partial charge in [-0.25, -0.2) is 0 Å². The molecular weight excluding hydrogens is 290 g/mol. The fourth-order valence-electron chi connectivity index (χ4n) is 3.14. The molecule has 2 aliphatic rings.